The number of carbonyl (C=O) groups is 1. The molecule has 0 fully saturated rings. The fourth-order valence-corrected chi connectivity index (χ4v) is 1.87. The number of carboxylic acids is 1. The third-order valence-electron chi connectivity index (χ3n) is 2.45. The van der Waals surface area contributed by atoms with Crippen LogP contribution in [0.4, 0.5) is 10.1 Å². The molecule has 0 amide bonds. The van der Waals surface area contributed by atoms with Crippen LogP contribution in [0, 0.1) is 5.82 Å². The molecule has 0 aliphatic heterocycles. The maximum atomic E-state index is 13.5. The topological polar surface area (TPSA) is 40.5 Å². The third-order valence-corrected chi connectivity index (χ3v) is 2.95. The first kappa shape index (κ1) is 14.0. The molecule has 0 radical (unpaired) electrons. The van der Waals surface area contributed by atoms with Crippen molar-refractivity contribution in [2.75, 3.05) is 18.5 Å². The second-order valence-corrected chi connectivity index (χ2v) is 4.78. The summed E-state index contributed by atoms with van der Waals surface area (Å²) in [6.07, 6.45) is 1.50. The Morgan fingerprint density at radius 3 is 2.82 bits per heavy atom. The molecule has 3 nitrogen and oxygen atoms in total. The van der Waals surface area contributed by atoms with E-state index in [0.717, 1.165) is 10.9 Å². The molecule has 0 atom stereocenters. The summed E-state index contributed by atoms with van der Waals surface area (Å²) in [4.78, 5) is 12.1. The third kappa shape index (κ3) is 4.73. The molecule has 0 heterocycles. The van der Waals surface area contributed by atoms with Crippen molar-refractivity contribution in [1.29, 1.82) is 0 Å². The van der Waals surface area contributed by atoms with Crippen LogP contribution in [0.2, 0.25) is 0 Å². The number of carboxylic acid groups (broad SMARTS) is 1. The average molecular weight is 304 g/mol. The van der Waals surface area contributed by atoms with Crippen LogP contribution < -0.4 is 4.90 Å². The van der Waals surface area contributed by atoms with Gasteiger partial charge in [-0.2, -0.15) is 0 Å². The van der Waals surface area contributed by atoms with E-state index in [0.29, 0.717) is 18.7 Å². The molecule has 0 spiro atoms. The fraction of sp³-hybridized carbons (Fsp3) is 0.417. The van der Waals surface area contributed by atoms with Gasteiger partial charge in [0.05, 0.1) is 5.69 Å². The van der Waals surface area contributed by atoms with Gasteiger partial charge in [0, 0.05) is 24.5 Å². The molecule has 0 aliphatic rings. The van der Waals surface area contributed by atoms with Gasteiger partial charge in [0.25, 0.3) is 0 Å². The molecule has 94 valence electrons. The maximum absolute atomic E-state index is 13.5. The summed E-state index contributed by atoms with van der Waals surface area (Å²) >= 11 is 3.29. The van der Waals surface area contributed by atoms with Gasteiger partial charge < -0.3 is 10.0 Å². The quantitative estimate of drug-likeness (QED) is 0.820. The van der Waals surface area contributed by atoms with Gasteiger partial charge in [0.15, 0.2) is 0 Å². The van der Waals surface area contributed by atoms with Crippen molar-refractivity contribution in [1.82, 2.24) is 0 Å². The van der Waals surface area contributed by atoms with Gasteiger partial charge in [0.2, 0.25) is 0 Å². The molecule has 0 aromatic heterocycles. The number of benzene rings is 1. The van der Waals surface area contributed by atoms with Crippen LogP contribution >= 0.6 is 15.9 Å². The first-order valence-corrected chi connectivity index (χ1v) is 6.18. The lowest BCUT2D eigenvalue weighted by atomic mass is 10.2. The van der Waals surface area contributed by atoms with E-state index >= 15 is 0 Å². The van der Waals surface area contributed by atoms with Crippen LogP contribution in [0.25, 0.3) is 0 Å². The normalized spacial score (nSPS) is 10.3. The molecule has 0 saturated heterocycles. The maximum Gasteiger partial charge on any atom is 0.303 e. The summed E-state index contributed by atoms with van der Waals surface area (Å²) in [6.45, 7) is 0.640. The van der Waals surface area contributed by atoms with Crippen molar-refractivity contribution in [3.05, 3.63) is 28.5 Å². The van der Waals surface area contributed by atoms with Gasteiger partial charge in [0.1, 0.15) is 5.82 Å². The highest BCUT2D eigenvalue weighted by atomic mass is 79.9. The molecule has 0 aliphatic carbocycles. The number of aliphatic carboxylic acids is 1. The van der Waals surface area contributed by atoms with Crippen LogP contribution in [0.1, 0.15) is 19.3 Å². The first-order chi connectivity index (χ1) is 8.00. The molecule has 1 aromatic carbocycles. The Bertz CT molecular complexity index is 398. The largest absolute Gasteiger partial charge is 0.481 e. The van der Waals surface area contributed by atoms with Crippen LogP contribution in [0.3, 0.4) is 0 Å². The molecule has 0 unspecified atom stereocenters. The highest BCUT2D eigenvalue weighted by molar-refractivity contribution is 9.10. The van der Waals surface area contributed by atoms with E-state index in [1.54, 1.807) is 24.1 Å². The SMILES string of the molecule is CN(CCCCC(=O)O)c1cc(Br)ccc1F. The highest BCUT2D eigenvalue weighted by Crippen LogP contribution is 2.23. The molecule has 1 rings (SSSR count). The van der Waals surface area contributed by atoms with Crippen molar-refractivity contribution < 1.29 is 14.3 Å². The Morgan fingerprint density at radius 2 is 2.18 bits per heavy atom. The number of hydrogen-bond acceptors (Lipinski definition) is 2. The minimum absolute atomic E-state index is 0.162. The number of hydrogen-bond donors (Lipinski definition) is 1. The van der Waals surface area contributed by atoms with Gasteiger partial charge in [-0.3, -0.25) is 4.79 Å². The molecule has 0 saturated carbocycles. The van der Waals surface area contributed by atoms with Gasteiger partial charge in [-0.05, 0) is 31.0 Å². The summed E-state index contributed by atoms with van der Waals surface area (Å²) < 4.78 is 14.3. The van der Waals surface area contributed by atoms with Gasteiger partial charge in [-0.1, -0.05) is 15.9 Å². The standard InChI is InChI=1S/C12H15BrFNO2/c1-15(7-3-2-4-12(16)17)11-8-9(13)5-6-10(11)14/h5-6,8H,2-4,7H2,1H3,(H,16,17). The molecule has 17 heavy (non-hydrogen) atoms. The Morgan fingerprint density at radius 1 is 1.47 bits per heavy atom. The minimum atomic E-state index is -0.790. The van der Waals surface area contributed by atoms with Gasteiger partial charge >= 0.3 is 5.97 Å². The lowest BCUT2D eigenvalue weighted by Gasteiger charge is -2.19. The Balaban J connectivity index is 2.49. The number of nitrogens with zero attached hydrogens (tertiary/aromatic N) is 1. The van der Waals surface area contributed by atoms with E-state index < -0.39 is 5.97 Å². The molecule has 0 bridgehead atoms. The lowest BCUT2D eigenvalue weighted by Crippen LogP contribution is -2.19. The van der Waals surface area contributed by atoms with Crippen molar-refractivity contribution >= 4 is 27.6 Å². The van der Waals surface area contributed by atoms with Crippen molar-refractivity contribution in [2.45, 2.75) is 19.3 Å². The van der Waals surface area contributed by atoms with Crippen molar-refractivity contribution in [3.8, 4) is 0 Å². The highest BCUT2D eigenvalue weighted by Gasteiger charge is 2.08. The summed E-state index contributed by atoms with van der Waals surface area (Å²) in [7, 11) is 1.80. The number of anilines is 1. The zero-order chi connectivity index (χ0) is 12.8. The van der Waals surface area contributed by atoms with E-state index in [1.807, 2.05) is 0 Å². The van der Waals surface area contributed by atoms with E-state index in [4.69, 9.17) is 5.11 Å². The molecule has 1 N–H and O–H groups in total. The summed E-state index contributed by atoms with van der Waals surface area (Å²) in [5.41, 5.74) is 0.523. The zero-order valence-electron chi connectivity index (χ0n) is 9.62. The van der Waals surface area contributed by atoms with E-state index in [1.165, 1.54) is 6.07 Å². The number of unbranched alkanes of at least 4 members (excludes halogenated alkanes) is 1. The van der Waals surface area contributed by atoms with Crippen LogP contribution in [0.15, 0.2) is 22.7 Å². The van der Waals surface area contributed by atoms with E-state index in [2.05, 4.69) is 15.9 Å². The fourth-order valence-electron chi connectivity index (χ4n) is 1.52. The van der Waals surface area contributed by atoms with E-state index in [9.17, 15) is 9.18 Å². The Labute approximate surface area is 108 Å². The monoisotopic (exact) mass is 303 g/mol. The zero-order valence-corrected chi connectivity index (χ0v) is 11.2. The smallest absolute Gasteiger partial charge is 0.303 e. The minimum Gasteiger partial charge on any atom is -0.481 e. The second-order valence-electron chi connectivity index (χ2n) is 3.87. The molecule has 1 aromatic rings. The lowest BCUT2D eigenvalue weighted by molar-refractivity contribution is -0.137. The summed E-state index contributed by atoms with van der Waals surface area (Å²) in [6, 6.07) is 4.77. The Kier molecular flexibility index (Phi) is 5.41. The van der Waals surface area contributed by atoms with Gasteiger partial charge in [-0.15, -0.1) is 0 Å². The predicted molar refractivity (Wildman–Crippen MR) is 68.9 cm³/mol. The van der Waals surface area contributed by atoms with Crippen molar-refractivity contribution in [2.24, 2.45) is 0 Å². The molecular formula is C12H15BrFNO2. The van der Waals surface area contributed by atoms with Crippen molar-refractivity contribution in [3.63, 3.8) is 0 Å². The van der Waals surface area contributed by atoms with Gasteiger partial charge in [-0.25, -0.2) is 4.39 Å². The van der Waals surface area contributed by atoms with Crippen LogP contribution in [-0.2, 0) is 4.79 Å². The molecule has 5 heteroatoms. The number of halogens is 2. The number of rotatable bonds is 6. The first-order valence-electron chi connectivity index (χ1n) is 5.38. The van der Waals surface area contributed by atoms with Crippen LogP contribution in [0.5, 0.6) is 0 Å². The average Bonchev–Trinajstić information content (AvgIpc) is 2.27. The second kappa shape index (κ2) is 6.59. The van der Waals surface area contributed by atoms with Crippen LogP contribution in [-0.4, -0.2) is 24.7 Å². The Hall–Kier alpha value is -1.10. The summed E-state index contributed by atoms with van der Waals surface area (Å²) in [5.74, 6) is -1.06. The summed E-state index contributed by atoms with van der Waals surface area (Å²) in [5, 5.41) is 8.50. The molecular weight excluding hydrogens is 289 g/mol. The predicted octanol–water partition coefficient (Wildman–Crippen LogP) is 3.28. The van der Waals surface area contributed by atoms with E-state index in [-0.39, 0.29) is 12.2 Å².